The van der Waals surface area contributed by atoms with Crippen molar-refractivity contribution in [3.8, 4) is 0 Å². The molecule has 0 aromatic heterocycles. The van der Waals surface area contributed by atoms with Gasteiger partial charge in [-0.15, -0.1) is 0 Å². The molecule has 1 atom stereocenters. The third kappa shape index (κ3) is 4.35. The van der Waals surface area contributed by atoms with Gasteiger partial charge in [0.25, 0.3) is 0 Å². The van der Waals surface area contributed by atoms with Crippen LogP contribution >= 0.6 is 0 Å². The van der Waals surface area contributed by atoms with Gasteiger partial charge in [-0.2, -0.15) is 0 Å². The smallest absolute Gasteiger partial charge is 0.210 e. The molecule has 0 saturated carbocycles. The van der Waals surface area contributed by atoms with Crippen LogP contribution in [0.15, 0.2) is 23.2 Å². The van der Waals surface area contributed by atoms with Crippen LogP contribution in [0.2, 0.25) is 0 Å². The van der Waals surface area contributed by atoms with Gasteiger partial charge in [-0.1, -0.05) is 12.1 Å². The van der Waals surface area contributed by atoms with Crippen molar-refractivity contribution in [1.29, 1.82) is 0 Å². The quantitative estimate of drug-likeness (QED) is 0.328. The van der Waals surface area contributed by atoms with E-state index >= 15 is 0 Å². The van der Waals surface area contributed by atoms with Gasteiger partial charge < -0.3 is 10.1 Å². The Kier molecular flexibility index (Phi) is 5.61. The highest BCUT2D eigenvalue weighted by atomic mass is 16.5. The van der Waals surface area contributed by atoms with Crippen LogP contribution in [0.4, 0.5) is 5.69 Å². The summed E-state index contributed by atoms with van der Waals surface area (Å²) in [5.74, 6) is 6.00. The van der Waals surface area contributed by atoms with Crippen LogP contribution in [0.1, 0.15) is 18.1 Å². The average molecular weight is 250 g/mol. The van der Waals surface area contributed by atoms with Crippen molar-refractivity contribution in [2.75, 3.05) is 19.0 Å². The highest BCUT2D eigenvalue weighted by Gasteiger charge is 2.04. The van der Waals surface area contributed by atoms with Crippen molar-refractivity contribution in [1.82, 2.24) is 5.43 Å². The number of nitrogens with one attached hydrogen (secondary N) is 2. The molecule has 0 aliphatic carbocycles. The monoisotopic (exact) mass is 250 g/mol. The topological polar surface area (TPSA) is 71.7 Å². The summed E-state index contributed by atoms with van der Waals surface area (Å²) in [5.41, 5.74) is 5.89. The number of hydrogen-bond donors (Lipinski definition) is 3. The molecule has 18 heavy (non-hydrogen) atoms. The Balaban J connectivity index is 2.82. The maximum absolute atomic E-state index is 5.47. The molecule has 1 rings (SSSR count). The first kappa shape index (κ1) is 14.5. The second kappa shape index (κ2) is 6.98. The van der Waals surface area contributed by atoms with Crippen LogP contribution < -0.4 is 16.6 Å². The molecule has 0 spiro atoms. The van der Waals surface area contributed by atoms with Crippen LogP contribution in [-0.2, 0) is 4.74 Å². The molecule has 0 saturated heterocycles. The summed E-state index contributed by atoms with van der Waals surface area (Å²) in [4.78, 5) is 4.40. The highest BCUT2D eigenvalue weighted by molar-refractivity contribution is 5.94. The molecule has 5 heteroatoms. The predicted octanol–water partition coefficient (Wildman–Crippen LogP) is 1.57. The number of benzene rings is 1. The lowest BCUT2D eigenvalue weighted by Crippen LogP contribution is -2.37. The molecule has 1 unspecified atom stereocenters. The SMILES string of the molecule is COCC(C)N=C(NN)Nc1cc(C)ccc1C. The highest BCUT2D eigenvalue weighted by Crippen LogP contribution is 2.16. The van der Waals surface area contributed by atoms with Crippen molar-refractivity contribution >= 4 is 11.6 Å². The molecule has 0 heterocycles. The Labute approximate surface area is 108 Å². The molecule has 0 amide bonds. The van der Waals surface area contributed by atoms with E-state index in [2.05, 4.69) is 33.9 Å². The number of ether oxygens (including phenoxy) is 1. The zero-order valence-corrected chi connectivity index (χ0v) is 11.4. The van der Waals surface area contributed by atoms with E-state index in [9.17, 15) is 0 Å². The molecule has 0 bridgehead atoms. The molecule has 100 valence electrons. The van der Waals surface area contributed by atoms with Gasteiger partial charge in [0.1, 0.15) is 0 Å². The molecule has 4 N–H and O–H groups in total. The van der Waals surface area contributed by atoms with E-state index in [1.54, 1.807) is 7.11 Å². The van der Waals surface area contributed by atoms with Crippen LogP contribution in [0.5, 0.6) is 0 Å². The second-order valence-electron chi connectivity index (χ2n) is 4.37. The molecule has 0 fully saturated rings. The summed E-state index contributed by atoms with van der Waals surface area (Å²) in [5, 5.41) is 3.19. The summed E-state index contributed by atoms with van der Waals surface area (Å²) < 4.78 is 5.04. The lowest BCUT2D eigenvalue weighted by atomic mass is 10.1. The Bertz CT molecular complexity index is 417. The van der Waals surface area contributed by atoms with E-state index in [0.717, 1.165) is 11.3 Å². The summed E-state index contributed by atoms with van der Waals surface area (Å²) >= 11 is 0. The first-order valence-electron chi connectivity index (χ1n) is 5.94. The summed E-state index contributed by atoms with van der Waals surface area (Å²) in [6.07, 6.45) is 0. The average Bonchev–Trinajstić information content (AvgIpc) is 2.33. The number of guanidine groups is 1. The number of methoxy groups -OCH3 is 1. The minimum Gasteiger partial charge on any atom is -0.382 e. The largest absolute Gasteiger partial charge is 0.382 e. The maximum Gasteiger partial charge on any atom is 0.210 e. The van der Waals surface area contributed by atoms with Gasteiger partial charge in [-0.05, 0) is 38.0 Å². The van der Waals surface area contributed by atoms with Crippen molar-refractivity contribution in [3.63, 3.8) is 0 Å². The third-order valence-corrected chi connectivity index (χ3v) is 2.54. The van der Waals surface area contributed by atoms with E-state index < -0.39 is 0 Å². The summed E-state index contributed by atoms with van der Waals surface area (Å²) in [7, 11) is 1.65. The first-order chi connectivity index (χ1) is 8.56. The third-order valence-electron chi connectivity index (χ3n) is 2.54. The van der Waals surface area contributed by atoms with Gasteiger partial charge in [0, 0.05) is 12.8 Å². The molecule has 0 aliphatic rings. The Hall–Kier alpha value is -1.59. The van der Waals surface area contributed by atoms with Crippen LogP contribution in [0, 0.1) is 13.8 Å². The lowest BCUT2D eigenvalue weighted by Gasteiger charge is -2.14. The Morgan fingerprint density at radius 1 is 1.44 bits per heavy atom. The molecule has 1 aromatic rings. The van der Waals surface area contributed by atoms with Crippen LogP contribution in [0.25, 0.3) is 0 Å². The number of rotatable bonds is 4. The van der Waals surface area contributed by atoms with E-state index in [1.807, 2.05) is 20.8 Å². The van der Waals surface area contributed by atoms with Gasteiger partial charge >= 0.3 is 0 Å². The number of hydrazine groups is 1. The second-order valence-corrected chi connectivity index (χ2v) is 4.37. The van der Waals surface area contributed by atoms with Gasteiger partial charge in [0.2, 0.25) is 5.96 Å². The van der Waals surface area contributed by atoms with Crippen LogP contribution in [0.3, 0.4) is 0 Å². The van der Waals surface area contributed by atoms with E-state index in [-0.39, 0.29) is 6.04 Å². The standard InChI is InChI=1S/C13H22N4O/c1-9-5-6-10(2)12(7-9)16-13(17-14)15-11(3)8-18-4/h5-7,11H,8,14H2,1-4H3,(H2,15,16,17). The molecule has 1 aromatic carbocycles. The molecule has 0 aliphatic heterocycles. The fraction of sp³-hybridized carbons (Fsp3) is 0.462. The summed E-state index contributed by atoms with van der Waals surface area (Å²) in [6, 6.07) is 6.23. The van der Waals surface area contributed by atoms with E-state index in [4.69, 9.17) is 10.6 Å². The van der Waals surface area contributed by atoms with Crippen LogP contribution in [-0.4, -0.2) is 25.7 Å². The number of nitrogens with zero attached hydrogens (tertiary/aromatic N) is 1. The molecular formula is C13H22N4O. The van der Waals surface area contributed by atoms with Crippen molar-refractivity contribution in [3.05, 3.63) is 29.3 Å². The number of nitrogens with two attached hydrogens (primary N) is 1. The van der Waals surface area contributed by atoms with Gasteiger partial charge in [-0.25, -0.2) is 10.8 Å². The predicted molar refractivity (Wildman–Crippen MR) is 75.6 cm³/mol. The fourth-order valence-electron chi connectivity index (χ4n) is 1.60. The lowest BCUT2D eigenvalue weighted by molar-refractivity contribution is 0.185. The normalized spacial score (nSPS) is 13.3. The van der Waals surface area contributed by atoms with Gasteiger partial charge in [-0.3, -0.25) is 5.43 Å². The van der Waals surface area contributed by atoms with E-state index in [1.165, 1.54) is 5.56 Å². The number of aliphatic imine (C=N–C) groups is 1. The Morgan fingerprint density at radius 2 is 2.17 bits per heavy atom. The fourth-order valence-corrected chi connectivity index (χ4v) is 1.60. The van der Waals surface area contributed by atoms with Crippen molar-refractivity contribution in [2.45, 2.75) is 26.8 Å². The summed E-state index contributed by atoms with van der Waals surface area (Å²) in [6.45, 7) is 6.60. The number of hydrogen-bond acceptors (Lipinski definition) is 3. The molecule has 0 radical (unpaired) electrons. The zero-order chi connectivity index (χ0) is 13.5. The first-order valence-corrected chi connectivity index (χ1v) is 5.94. The van der Waals surface area contributed by atoms with Crippen molar-refractivity contribution in [2.24, 2.45) is 10.8 Å². The maximum atomic E-state index is 5.47. The van der Waals surface area contributed by atoms with Gasteiger partial charge in [0.15, 0.2) is 0 Å². The van der Waals surface area contributed by atoms with Gasteiger partial charge in [0.05, 0.1) is 12.6 Å². The van der Waals surface area contributed by atoms with Crippen molar-refractivity contribution < 1.29 is 4.74 Å². The number of anilines is 1. The number of aryl methyl sites for hydroxylation is 2. The minimum absolute atomic E-state index is 0.0404. The minimum atomic E-state index is 0.0404. The molecular weight excluding hydrogens is 228 g/mol. The zero-order valence-electron chi connectivity index (χ0n) is 11.4. The molecule has 5 nitrogen and oxygen atoms in total. The van der Waals surface area contributed by atoms with E-state index in [0.29, 0.717) is 12.6 Å². The Morgan fingerprint density at radius 3 is 2.78 bits per heavy atom.